The van der Waals surface area contributed by atoms with Crippen LogP contribution in [0, 0.1) is 0 Å². The number of aromatic nitrogens is 4. The lowest BCUT2D eigenvalue weighted by molar-refractivity contribution is 0.141. The molecule has 7 nitrogen and oxygen atoms in total. The van der Waals surface area contributed by atoms with Crippen molar-refractivity contribution in [2.75, 3.05) is 35.7 Å². The molecule has 2 aromatic heterocycles. The summed E-state index contributed by atoms with van der Waals surface area (Å²) in [5, 5.41) is 7.02. The molecule has 28 heavy (non-hydrogen) atoms. The van der Waals surface area contributed by atoms with Gasteiger partial charge in [-0.1, -0.05) is 12.1 Å². The number of hydrogen-bond acceptors (Lipinski definition) is 7. The van der Waals surface area contributed by atoms with Crippen molar-refractivity contribution in [3.63, 3.8) is 0 Å². The molecular weight excluding hydrogens is 364 g/mol. The van der Waals surface area contributed by atoms with Gasteiger partial charge in [0.15, 0.2) is 5.82 Å². The Kier molecular flexibility index (Phi) is 5.14. The zero-order chi connectivity index (χ0) is 19.5. The molecule has 1 aliphatic heterocycles. The molecule has 0 saturated carbocycles. The summed E-state index contributed by atoms with van der Waals surface area (Å²) >= 11 is 0. The number of anilines is 3. The number of rotatable bonds is 6. The Bertz CT molecular complexity index is 966. The molecule has 1 aromatic carbocycles. The molecule has 1 unspecified atom stereocenters. The summed E-state index contributed by atoms with van der Waals surface area (Å²) in [6, 6.07) is 9.28. The number of halogens is 2. The van der Waals surface area contributed by atoms with Crippen LogP contribution in [-0.4, -0.2) is 46.1 Å². The summed E-state index contributed by atoms with van der Waals surface area (Å²) in [6.07, 6.45) is 0.847. The van der Waals surface area contributed by atoms with Crippen molar-refractivity contribution in [1.29, 1.82) is 0 Å². The lowest BCUT2D eigenvalue weighted by atomic mass is 10.2. The van der Waals surface area contributed by atoms with Gasteiger partial charge in [-0.2, -0.15) is 0 Å². The summed E-state index contributed by atoms with van der Waals surface area (Å²) in [5.74, 6) is 1.58. The van der Waals surface area contributed by atoms with Gasteiger partial charge in [0.1, 0.15) is 23.8 Å². The molecule has 0 aliphatic carbocycles. The maximum absolute atomic E-state index is 13.2. The van der Waals surface area contributed by atoms with Crippen molar-refractivity contribution < 1.29 is 8.78 Å². The highest BCUT2D eigenvalue weighted by atomic mass is 19.3. The maximum Gasteiger partial charge on any atom is 0.297 e. The van der Waals surface area contributed by atoms with Gasteiger partial charge in [-0.05, 0) is 25.0 Å². The fraction of sp³-hybridized carbons (Fsp3) is 0.368. The Morgan fingerprint density at radius 3 is 2.89 bits per heavy atom. The van der Waals surface area contributed by atoms with Crippen LogP contribution in [0.25, 0.3) is 10.9 Å². The molecule has 0 spiro atoms. The molecule has 1 atom stereocenters. The van der Waals surface area contributed by atoms with Crippen LogP contribution in [0.4, 0.5) is 26.2 Å². The molecule has 0 amide bonds. The second-order valence-electron chi connectivity index (χ2n) is 6.63. The van der Waals surface area contributed by atoms with E-state index >= 15 is 0 Å². The Morgan fingerprint density at radius 2 is 2.07 bits per heavy atom. The standard InChI is InChI=1S/C19H21F2N7/c1-22-15-9-16(25-11-24-15)28-8-4-5-12(28)10-23-18-13-6-2-3-7-14(13)26-19(27-18)17(20)21/h2-3,6-7,9,11-12,17H,4-5,8,10H2,1H3,(H,22,24,25)(H,23,26,27). The smallest absolute Gasteiger partial charge is 0.297 e. The number of nitrogens with zero attached hydrogens (tertiary/aromatic N) is 5. The number of hydrogen-bond donors (Lipinski definition) is 2. The second kappa shape index (κ2) is 7.87. The lowest BCUT2D eigenvalue weighted by Gasteiger charge is -2.26. The van der Waals surface area contributed by atoms with Gasteiger partial charge in [-0.25, -0.2) is 28.7 Å². The van der Waals surface area contributed by atoms with E-state index in [9.17, 15) is 8.78 Å². The first-order valence-corrected chi connectivity index (χ1v) is 9.21. The molecular formula is C19H21F2N7. The number of para-hydroxylation sites is 1. The number of benzene rings is 1. The van der Waals surface area contributed by atoms with E-state index in [0.29, 0.717) is 17.9 Å². The van der Waals surface area contributed by atoms with Crippen LogP contribution >= 0.6 is 0 Å². The topological polar surface area (TPSA) is 78.9 Å². The molecule has 0 bridgehead atoms. The average molecular weight is 385 g/mol. The highest BCUT2D eigenvalue weighted by Gasteiger charge is 2.26. The minimum absolute atomic E-state index is 0.184. The summed E-state index contributed by atoms with van der Waals surface area (Å²) in [5.41, 5.74) is 0.507. The third-order valence-corrected chi connectivity index (χ3v) is 4.90. The van der Waals surface area contributed by atoms with E-state index in [1.807, 2.05) is 25.2 Å². The summed E-state index contributed by atoms with van der Waals surface area (Å²) in [7, 11) is 1.82. The number of fused-ring (bicyclic) bond motifs is 1. The van der Waals surface area contributed by atoms with Gasteiger partial charge >= 0.3 is 0 Å². The van der Waals surface area contributed by atoms with Gasteiger partial charge in [0.05, 0.1) is 5.52 Å². The zero-order valence-electron chi connectivity index (χ0n) is 15.4. The van der Waals surface area contributed by atoms with Gasteiger partial charge in [-0.15, -0.1) is 0 Å². The third kappa shape index (κ3) is 3.64. The average Bonchev–Trinajstić information content (AvgIpc) is 3.20. The Morgan fingerprint density at radius 1 is 1.21 bits per heavy atom. The molecule has 2 N–H and O–H groups in total. The maximum atomic E-state index is 13.2. The number of alkyl halides is 2. The first-order chi connectivity index (χ1) is 13.7. The predicted molar refractivity (Wildman–Crippen MR) is 105 cm³/mol. The molecule has 3 aromatic rings. The molecule has 1 saturated heterocycles. The van der Waals surface area contributed by atoms with Crippen molar-refractivity contribution in [1.82, 2.24) is 19.9 Å². The largest absolute Gasteiger partial charge is 0.373 e. The molecule has 0 radical (unpaired) electrons. The van der Waals surface area contributed by atoms with Crippen molar-refractivity contribution in [2.24, 2.45) is 0 Å². The number of nitrogens with one attached hydrogen (secondary N) is 2. The fourth-order valence-corrected chi connectivity index (χ4v) is 3.53. The van der Waals surface area contributed by atoms with Gasteiger partial charge in [0, 0.05) is 37.6 Å². The molecule has 1 aliphatic rings. The molecule has 1 fully saturated rings. The molecule has 9 heteroatoms. The molecule has 3 heterocycles. The van der Waals surface area contributed by atoms with E-state index in [0.717, 1.165) is 36.4 Å². The van der Waals surface area contributed by atoms with Gasteiger partial charge in [0.25, 0.3) is 6.43 Å². The lowest BCUT2D eigenvalue weighted by Crippen LogP contribution is -2.35. The van der Waals surface area contributed by atoms with E-state index in [4.69, 9.17) is 0 Å². The van der Waals surface area contributed by atoms with E-state index in [1.54, 1.807) is 12.1 Å². The summed E-state index contributed by atoms with van der Waals surface area (Å²) in [6.45, 7) is 1.46. The SMILES string of the molecule is CNc1cc(N2CCCC2CNc2nc(C(F)F)nc3ccccc23)ncn1. The van der Waals surface area contributed by atoms with E-state index in [-0.39, 0.29) is 6.04 Å². The molecule has 146 valence electrons. The fourth-order valence-electron chi connectivity index (χ4n) is 3.53. The Balaban J connectivity index is 1.56. The van der Waals surface area contributed by atoms with Crippen molar-refractivity contribution in [3.05, 3.63) is 42.5 Å². The first-order valence-electron chi connectivity index (χ1n) is 9.21. The summed E-state index contributed by atoms with van der Waals surface area (Å²) in [4.78, 5) is 18.8. The van der Waals surface area contributed by atoms with Crippen LogP contribution in [0.15, 0.2) is 36.7 Å². The normalized spacial score (nSPS) is 16.7. The first kappa shape index (κ1) is 18.3. The van der Waals surface area contributed by atoms with Crippen LogP contribution in [0.5, 0.6) is 0 Å². The molecule has 4 rings (SSSR count). The van der Waals surface area contributed by atoms with E-state index < -0.39 is 12.2 Å². The Labute approximate surface area is 161 Å². The van der Waals surface area contributed by atoms with Crippen LogP contribution in [0.1, 0.15) is 25.1 Å². The summed E-state index contributed by atoms with van der Waals surface area (Å²) < 4.78 is 26.4. The van der Waals surface area contributed by atoms with Crippen molar-refractivity contribution >= 4 is 28.4 Å². The van der Waals surface area contributed by atoms with Crippen LogP contribution in [-0.2, 0) is 0 Å². The van der Waals surface area contributed by atoms with Gasteiger partial charge < -0.3 is 15.5 Å². The van der Waals surface area contributed by atoms with Crippen molar-refractivity contribution in [3.8, 4) is 0 Å². The van der Waals surface area contributed by atoms with Gasteiger partial charge in [-0.3, -0.25) is 0 Å². The van der Waals surface area contributed by atoms with Crippen LogP contribution in [0.2, 0.25) is 0 Å². The van der Waals surface area contributed by atoms with E-state index in [1.165, 1.54) is 6.33 Å². The highest BCUT2D eigenvalue weighted by molar-refractivity contribution is 5.89. The predicted octanol–water partition coefficient (Wildman–Crippen LogP) is 3.48. The minimum atomic E-state index is -2.71. The Hall–Kier alpha value is -3.10. The van der Waals surface area contributed by atoms with Crippen LogP contribution < -0.4 is 15.5 Å². The third-order valence-electron chi connectivity index (χ3n) is 4.90. The highest BCUT2D eigenvalue weighted by Crippen LogP contribution is 2.27. The van der Waals surface area contributed by atoms with E-state index in [2.05, 4.69) is 35.5 Å². The quantitative estimate of drug-likeness (QED) is 0.672. The zero-order valence-corrected chi connectivity index (χ0v) is 15.4. The monoisotopic (exact) mass is 385 g/mol. The minimum Gasteiger partial charge on any atom is -0.373 e. The van der Waals surface area contributed by atoms with Crippen LogP contribution in [0.3, 0.4) is 0 Å². The second-order valence-corrected chi connectivity index (χ2v) is 6.63. The van der Waals surface area contributed by atoms with Crippen molar-refractivity contribution in [2.45, 2.75) is 25.3 Å². The van der Waals surface area contributed by atoms with Gasteiger partial charge in [0.2, 0.25) is 0 Å².